The predicted molar refractivity (Wildman–Crippen MR) is 70.3 cm³/mol. The summed E-state index contributed by atoms with van der Waals surface area (Å²) in [6.45, 7) is 0.844. The average Bonchev–Trinajstić information content (AvgIpc) is 2.70. The lowest BCUT2D eigenvalue weighted by Gasteiger charge is -2.16. The van der Waals surface area contributed by atoms with Crippen molar-refractivity contribution < 1.29 is 9.72 Å². The van der Waals surface area contributed by atoms with Crippen LogP contribution in [0.3, 0.4) is 0 Å². The molecule has 1 amide bonds. The molecule has 1 aromatic rings. The Balaban J connectivity index is 2.41. The Labute approximate surface area is 112 Å². The number of rotatable bonds is 3. The van der Waals surface area contributed by atoms with Crippen molar-refractivity contribution in [3.8, 4) is 0 Å². The molecule has 0 spiro atoms. The van der Waals surface area contributed by atoms with E-state index in [2.05, 4.69) is 15.9 Å². The molecule has 6 nitrogen and oxygen atoms in total. The van der Waals surface area contributed by atoms with Crippen LogP contribution in [-0.4, -0.2) is 23.9 Å². The van der Waals surface area contributed by atoms with Crippen LogP contribution in [0.15, 0.2) is 22.7 Å². The van der Waals surface area contributed by atoms with Gasteiger partial charge < -0.3 is 10.6 Å². The fraction of sp³-hybridized carbons (Fsp3) is 0.364. The van der Waals surface area contributed by atoms with E-state index in [1.165, 1.54) is 11.0 Å². The summed E-state index contributed by atoms with van der Waals surface area (Å²) in [6, 6.07) is 4.57. The number of halogens is 1. The van der Waals surface area contributed by atoms with Gasteiger partial charge in [0.1, 0.15) is 5.69 Å². The first-order chi connectivity index (χ1) is 8.52. The first kappa shape index (κ1) is 13.0. The highest BCUT2D eigenvalue weighted by atomic mass is 79.9. The topological polar surface area (TPSA) is 89.5 Å². The standard InChI is InChI=1S/C11H12BrN3O3/c12-8-1-2-9(15(17)18)10(4-8)14-6-7(5-13)3-11(14)16/h1-2,4,7H,3,5-6,13H2. The van der Waals surface area contributed by atoms with Gasteiger partial charge in [0.15, 0.2) is 0 Å². The van der Waals surface area contributed by atoms with Gasteiger partial charge in [-0.1, -0.05) is 15.9 Å². The second-order valence-electron chi connectivity index (χ2n) is 4.20. The maximum atomic E-state index is 11.9. The molecule has 1 atom stereocenters. The highest BCUT2D eigenvalue weighted by molar-refractivity contribution is 9.10. The van der Waals surface area contributed by atoms with Crippen LogP contribution < -0.4 is 10.6 Å². The van der Waals surface area contributed by atoms with Crippen LogP contribution in [0.25, 0.3) is 0 Å². The number of anilines is 1. The predicted octanol–water partition coefficient (Wildman–Crippen LogP) is 1.67. The number of carbonyl (C=O) groups excluding carboxylic acids is 1. The minimum absolute atomic E-state index is 0.0655. The summed E-state index contributed by atoms with van der Waals surface area (Å²) in [6.07, 6.45) is 0.347. The molecule has 1 aliphatic rings. The van der Waals surface area contributed by atoms with Crippen molar-refractivity contribution in [2.75, 3.05) is 18.0 Å². The van der Waals surface area contributed by atoms with E-state index in [-0.39, 0.29) is 17.5 Å². The third-order valence-corrected chi connectivity index (χ3v) is 3.46. The van der Waals surface area contributed by atoms with E-state index in [0.717, 1.165) is 0 Å². The zero-order chi connectivity index (χ0) is 13.3. The molecular formula is C11H12BrN3O3. The SMILES string of the molecule is NCC1CC(=O)N(c2cc(Br)ccc2[N+](=O)[O-])C1. The van der Waals surface area contributed by atoms with Crippen LogP contribution in [0.2, 0.25) is 0 Å². The Kier molecular flexibility index (Phi) is 3.63. The smallest absolute Gasteiger partial charge is 0.293 e. The van der Waals surface area contributed by atoms with E-state index in [9.17, 15) is 14.9 Å². The molecule has 0 saturated carbocycles. The summed E-state index contributed by atoms with van der Waals surface area (Å²) < 4.78 is 0.701. The molecule has 0 radical (unpaired) electrons. The van der Waals surface area contributed by atoms with Gasteiger partial charge in [0.05, 0.1) is 4.92 Å². The van der Waals surface area contributed by atoms with Crippen LogP contribution in [-0.2, 0) is 4.79 Å². The molecule has 1 unspecified atom stereocenters. The lowest BCUT2D eigenvalue weighted by atomic mass is 10.1. The molecule has 0 bridgehead atoms. The van der Waals surface area contributed by atoms with Gasteiger partial charge in [-0.3, -0.25) is 14.9 Å². The van der Waals surface area contributed by atoms with Gasteiger partial charge >= 0.3 is 0 Å². The zero-order valence-electron chi connectivity index (χ0n) is 9.51. The second kappa shape index (κ2) is 5.03. The van der Waals surface area contributed by atoms with Crippen LogP contribution in [0.1, 0.15) is 6.42 Å². The fourth-order valence-electron chi connectivity index (χ4n) is 2.04. The van der Waals surface area contributed by atoms with E-state index in [4.69, 9.17) is 5.73 Å². The molecule has 1 heterocycles. The van der Waals surface area contributed by atoms with Crippen molar-refractivity contribution in [2.24, 2.45) is 11.7 Å². The van der Waals surface area contributed by atoms with Gasteiger partial charge in [-0.05, 0) is 24.6 Å². The number of nitro groups is 1. The Morgan fingerprint density at radius 3 is 2.83 bits per heavy atom. The third-order valence-electron chi connectivity index (χ3n) is 2.96. The van der Waals surface area contributed by atoms with Gasteiger partial charge in [0.2, 0.25) is 5.91 Å². The zero-order valence-corrected chi connectivity index (χ0v) is 11.1. The third kappa shape index (κ3) is 2.37. The van der Waals surface area contributed by atoms with Crippen molar-refractivity contribution in [3.63, 3.8) is 0 Å². The van der Waals surface area contributed by atoms with Gasteiger partial charge in [-0.25, -0.2) is 0 Å². The van der Waals surface area contributed by atoms with E-state index >= 15 is 0 Å². The van der Waals surface area contributed by atoms with E-state index < -0.39 is 4.92 Å². The van der Waals surface area contributed by atoms with Crippen LogP contribution in [0, 0.1) is 16.0 Å². The molecule has 1 aliphatic heterocycles. The quantitative estimate of drug-likeness (QED) is 0.679. The number of hydrogen-bond donors (Lipinski definition) is 1. The summed E-state index contributed by atoms with van der Waals surface area (Å²) in [5.41, 5.74) is 5.81. The van der Waals surface area contributed by atoms with Crippen molar-refractivity contribution in [2.45, 2.75) is 6.42 Å². The number of nitrogens with two attached hydrogens (primary N) is 1. The van der Waals surface area contributed by atoms with Gasteiger partial charge in [0.25, 0.3) is 5.69 Å². The van der Waals surface area contributed by atoms with Crippen LogP contribution >= 0.6 is 15.9 Å². The normalized spacial score (nSPS) is 19.3. The molecular weight excluding hydrogens is 302 g/mol. The van der Waals surface area contributed by atoms with Crippen LogP contribution in [0.5, 0.6) is 0 Å². The Morgan fingerprint density at radius 2 is 2.28 bits per heavy atom. The highest BCUT2D eigenvalue weighted by Crippen LogP contribution is 2.34. The fourth-order valence-corrected chi connectivity index (χ4v) is 2.39. The monoisotopic (exact) mass is 313 g/mol. The molecule has 96 valence electrons. The first-order valence-electron chi connectivity index (χ1n) is 5.47. The summed E-state index contributed by atoms with van der Waals surface area (Å²) in [7, 11) is 0. The van der Waals surface area contributed by atoms with E-state index in [0.29, 0.717) is 29.7 Å². The van der Waals surface area contributed by atoms with Crippen molar-refractivity contribution in [1.29, 1.82) is 0 Å². The number of carbonyl (C=O) groups is 1. The molecule has 18 heavy (non-hydrogen) atoms. The van der Waals surface area contributed by atoms with Gasteiger partial charge in [0, 0.05) is 23.5 Å². The molecule has 7 heteroatoms. The minimum Gasteiger partial charge on any atom is -0.330 e. The Hall–Kier alpha value is -1.47. The van der Waals surface area contributed by atoms with E-state index in [1.807, 2.05) is 0 Å². The number of nitrogens with zero attached hydrogens (tertiary/aromatic N) is 2. The number of nitro benzene ring substituents is 1. The maximum absolute atomic E-state index is 11.9. The lowest BCUT2D eigenvalue weighted by molar-refractivity contribution is -0.384. The number of amides is 1. The Morgan fingerprint density at radius 1 is 1.56 bits per heavy atom. The molecule has 1 fully saturated rings. The highest BCUT2D eigenvalue weighted by Gasteiger charge is 2.33. The van der Waals surface area contributed by atoms with Crippen LogP contribution in [0.4, 0.5) is 11.4 Å². The summed E-state index contributed by atoms with van der Waals surface area (Å²) in [5, 5.41) is 11.0. The maximum Gasteiger partial charge on any atom is 0.293 e. The second-order valence-corrected chi connectivity index (χ2v) is 5.12. The molecule has 2 N–H and O–H groups in total. The minimum atomic E-state index is -0.481. The van der Waals surface area contributed by atoms with Gasteiger partial charge in [-0.2, -0.15) is 0 Å². The van der Waals surface area contributed by atoms with Crippen molar-refractivity contribution >= 4 is 33.2 Å². The molecule has 0 aromatic heterocycles. The van der Waals surface area contributed by atoms with Crippen molar-refractivity contribution in [1.82, 2.24) is 0 Å². The summed E-state index contributed by atoms with van der Waals surface area (Å²) >= 11 is 3.26. The Bertz CT molecular complexity index is 506. The lowest BCUT2D eigenvalue weighted by Crippen LogP contribution is -2.26. The number of hydrogen-bond acceptors (Lipinski definition) is 4. The summed E-state index contributed by atoms with van der Waals surface area (Å²) in [4.78, 5) is 23.8. The molecule has 1 aromatic carbocycles. The first-order valence-corrected chi connectivity index (χ1v) is 6.26. The summed E-state index contributed by atoms with van der Waals surface area (Å²) in [5.74, 6) is -0.0530. The molecule has 0 aliphatic carbocycles. The van der Waals surface area contributed by atoms with E-state index in [1.54, 1.807) is 12.1 Å². The van der Waals surface area contributed by atoms with Crippen molar-refractivity contribution in [3.05, 3.63) is 32.8 Å². The molecule has 2 rings (SSSR count). The number of benzene rings is 1. The largest absolute Gasteiger partial charge is 0.330 e. The average molecular weight is 314 g/mol. The molecule has 1 saturated heterocycles. The van der Waals surface area contributed by atoms with Gasteiger partial charge in [-0.15, -0.1) is 0 Å².